The molecule has 1 N–H and O–H groups in total. The van der Waals surface area contributed by atoms with Crippen LogP contribution in [0.5, 0.6) is 5.75 Å². The van der Waals surface area contributed by atoms with Gasteiger partial charge in [-0.1, -0.05) is 46.9 Å². The lowest BCUT2D eigenvalue weighted by atomic mass is 9.92. The van der Waals surface area contributed by atoms with Gasteiger partial charge in [-0.2, -0.15) is 0 Å². The number of ether oxygens (including phenoxy) is 1. The Morgan fingerprint density at radius 3 is 2.29 bits per heavy atom. The summed E-state index contributed by atoms with van der Waals surface area (Å²) in [5.41, 5.74) is -1.08. The molecule has 3 amide bonds. The van der Waals surface area contributed by atoms with Crippen molar-refractivity contribution in [2.24, 2.45) is 0 Å². The number of hydrogen-bond acceptors (Lipinski definition) is 4. The van der Waals surface area contributed by atoms with Gasteiger partial charge in [0.2, 0.25) is 0 Å². The molecule has 0 aliphatic carbocycles. The van der Waals surface area contributed by atoms with Crippen molar-refractivity contribution in [3.05, 3.63) is 62.8 Å². The third-order valence-corrected chi connectivity index (χ3v) is 4.94. The number of hydrogen-bond donors (Lipinski definition) is 1. The zero-order chi connectivity index (χ0) is 20.6. The molecule has 1 atom stereocenters. The number of urea groups is 1. The first-order valence-electron chi connectivity index (χ1n) is 7.87. The Hall–Kier alpha value is -2.35. The number of esters is 1. The van der Waals surface area contributed by atoms with Crippen LogP contribution in [0, 0.1) is 5.82 Å². The van der Waals surface area contributed by atoms with Crippen molar-refractivity contribution in [1.82, 2.24) is 10.2 Å². The van der Waals surface area contributed by atoms with Crippen LogP contribution < -0.4 is 10.1 Å². The van der Waals surface area contributed by atoms with Crippen LogP contribution in [0.25, 0.3) is 0 Å². The fourth-order valence-corrected chi connectivity index (χ4v) is 3.62. The van der Waals surface area contributed by atoms with E-state index in [4.69, 9.17) is 39.5 Å². The van der Waals surface area contributed by atoms with Gasteiger partial charge < -0.3 is 10.1 Å². The van der Waals surface area contributed by atoms with Crippen LogP contribution in [0.4, 0.5) is 9.18 Å². The molecule has 1 unspecified atom stereocenters. The highest BCUT2D eigenvalue weighted by atomic mass is 35.5. The van der Waals surface area contributed by atoms with Crippen LogP contribution in [-0.4, -0.2) is 29.4 Å². The number of benzene rings is 2. The second-order valence-electron chi connectivity index (χ2n) is 6.13. The Morgan fingerprint density at radius 2 is 1.71 bits per heavy atom. The molecule has 3 rings (SSSR count). The van der Waals surface area contributed by atoms with E-state index in [9.17, 15) is 18.8 Å². The molecule has 1 aliphatic rings. The topological polar surface area (TPSA) is 75.7 Å². The summed E-state index contributed by atoms with van der Waals surface area (Å²) in [7, 11) is 0. The van der Waals surface area contributed by atoms with Gasteiger partial charge in [-0.3, -0.25) is 9.69 Å². The maximum Gasteiger partial charge on any atom is 0.331 e. The first-order valence-corrected chi connectivity index (χ1v) is 9.00. The molecule has 2 aromatic rings. The maximum atomic E-state index is 13.1. The molecule has 0 aromatic heterocycles. The summed E-state index contributed by atoms with van der Waals surface area (Å²) in [4.78, 5) is 38.0. The summed E-state index contributed by atoms with van der Waals surface area (Å²) in [5.74, 6) is -2.24. The van der Waals surface area contributed by atoms with Gasteiger partial charge in [0.1, 0.15) is 17.9 Å². The molecule has 0 bridgehead atoms. The smallest absolute Gasteiger partial charge is 0.331 e. The molecular weight excluding hydrogens is 434 g/mol. The highest BCUT2D eigenvalue weighted by Crippen LogP contribution is 2.36. The molecule has 1 fully saturated rings. The van der Waals surface area contributed by atoms with Gasteiger partial charge >= 0.3 is 12.0 Å². The SMILES string of the molecule is CC1(c2ccc(F)cc2)NC(=O)N(CC(=O)Oc2c(Cl)cc(Cl)cc2Cl)C1=O. The van der Waals surface area contributed by atoms with Crippen LogP contribution in [-0.2, 0) is 15.1 Å². The molecule has 28 heavy (non-hydrogen) atoms. The van der Waals surface area contributed by atoms with E-state index < -0.39 is 35.8 Å². The second-order valence-corrected chi connectivity index (χ2v) is 7.38. The summed E-state index contributed by atoms with van der Waals surface area (Å²) < 4.78 is 18.2. The first kappa shape index (κ1) is 20.4. The van der Waals surface area contributed by atoms with Gasteiger partial charge in [-0.15, -0.1) is 0 Å². The van der Waals surface area contributed by atoms with Crippen LogP contribution in [0.1, 0.15) is 12.5 Å². The molecule has 0 spiro atoms. The Kier molecular flexibility index (Phi) is 5.52. The molecular formula is C18H12Cl3FN2O4. The fourth-order valence-electron chi connectivity index (χ4n) is 2.72. The minimum absolute atomic E-state index is 0.000740. The lowest BCUT2D eigenvalue weighted by Crippen LogP contribution is -2.42. The minimum Gasteiger partial charge on any atom is -0.422 e. The van der Waals surface area contributed by atoms with Crippen LogP contribution in [0.3, 0.4) is 0 Å². The molecule has 0 radical (unpaired) electrons. The molecule has 2 aromatic carbocycles. The summed E-state index contributed by atoms with van der Waals surface area (Å²) in [6, 6.07) is 6.96. The quantitative estimate of drug-likeness (QED) is 0.436. The number of nitrogens with one attached hydrogen (secondary N) is 1. The summed E-state index contributed by atoms with van der Waals surface area (Å²) in [6.07, 6.45) is 0. The number of rotatable bonds is 4. The number of amides is 3. The average molecular weight is 446 g/mol. The van der Waals surface area contributed by atoms with E-state index in [0.717, 1.165) is 0 Å². The van der Waals surface area contributed by atoms with Crippen molar-refractivity contribution in [1.29, 1.82) is 0 Å². The normalized spacial score (nSPS) is 19.0. The van der Waals surface area contributed by atoms with Gasteiger partial charge in [0.25, 0.3) is 5.91 Å². The summed E-state index contributed by atoms with van der Waals surface area (Å²) in [6.45, 7) is 0.787. The zero-order valence-electron chi connectivity index (χ0n) is 14.3. The molecule has 146 valence electrons. The molecule has 1 saturated heterocycles. The minimum atomic E-state index is -1.44. The Morgan fingerprint density at radius 1 is 1.14 bits per heavy atom. The van der Waals surface area contributed by atoms with Crippen LogP contribution >= 0.6 is 34.8 Å². The number of nitrogens with zero attached hydrogens (tertiary/aromatic N) is 1. The Labute approximate surface area is 174 Å². The third kappa shape index (κ3) is 3.78. The van der Waals surface area contributed by atoms with Gasteiger partial charge in [0, 0.05) is 5.02 Å². The first-order chi connectivity index (χ1) is 13.1. The van der Waals surface area contributed by atoms with E-state index in [1.54, 1.807) is 0 Å². The van der Waals surface area contributed by atoms with Crippen molar-refractivity contribution < 1.29 is 23.5 Å². The van der Waals surface area contributed by atoms with Crippen LogP contribution in [0.2, 0.25) is 15.1 Å². The number of carbonyl (C=O) groups is 3. The predicted octanol–water partition coefficient (Wildman–Crippen LogP) is 4.16. The lowest BCUT2D eigenvalue weighted by Gasteiger charge is -2.22. The molecule has 6 nitrogen and oxygen atoms in total. The molecule has 1 aliphatic heterocycles. The standard InChI is InChI=1S/C18H12Cl3FN2O4/c1-18(9-2-4-11(22)5-3-9)16(26)24(17(27)23-18)8-14(25)28-15-12(20)6-10(19)7-13(15)21/h2-7H,8H2,1H3,(H,23,27). The van der Waals surface area contributed by atoms with Crippen molar-refractivity contribution in [3.8, 4) is 5.75 Å². The summed E-state index contributed by atoms with van der Waals surface area (Å²) >= 11 is 17.7. The van der Waals surface area contributed by atoms with Crippen LogP contribution in [0.15, 0.2) is 36.4 Å². The van der Waals surface area contributed by atoms with Gasteiger partial charge in [-0.25, -0.2) is 14.0 Å². The third-order valence-electron chi connectivity index (χ3n) is 4.16. The zero-order valence-corrected chi connectivity index (χ0v) is 16.5. The van der Waals surface area contributed by atoms with E-state index in [1.165, 1.54) is 43.3 Å². The van der Waals surface area contributed by atoms with E-state index in [1.807, 2.05) is 0 Å². The predicted molar refractivity (Wildman–Crippen MR) is 101 cm³/mol. The lowest BCUT2D eigenvalue weighted by molar-refractivity contribution is -0.140. The van der Waals surface area contributed by atoms with Gasteiger partial charge in [-0.05, 0) is 36.8 Å². The van der Waals surface area contributed by atoms with Crippen molar-refractivity contribution >= 4 is 52.7 Å². The molecule has 1 heterocycles. The number of carbonyl (C=O) groups excluding carboxylic acids is 3. The Balaban J connectivity index is 1.78. The molecule has 0 saturated carbocycles. The van der Waals surface area contributed by atoms with Crippen molar-refractivity contribution in [3.63, 3.8) is 0 Å². The number of halogens is 4. The van der Waals surface area contributed by atoms with Crippen molar-refractivity contribution in [2.75, 3.05) is 6.54 Å². The largest absolute Gasteiger partial charge is 0.422 e. The van der Waals surface area contributed by atoms with E-state index in [2.05, 4.69) is 5.32 Å². The second kappa shape index (κ2) is 7.58. The van der Waals surface area contributed by atoms with Gasteiger partial charge in [0.15, 0.2) is 5.75 Å². The van der Waals surface area contributed by atoms with Gasteiger partial charge in [0.05, 0.1) is 10.0 Å². The van der Waals surface area contributed by atoms with E-state index in [-0.39, 0.29) is 20.8 Å². The summed E-state index contributed by atoms with van der Waals surface area (Å²) in [5, 5.41) is 2.75. The van der Waals surface area contributed by atoms with E-state index in [0.29, 0.717) is 10.5 Å². The monoisotopic (exact) mass is 444 g/mol. The number of imide groups is 1. The Bertz CT molecular complexity index is 960. The fraction of sp³-hybridized carbons (Fsp3) is 0.167. The molecule has 10 heteroatoms. The highest BCUT2D eigenvalue weighted by Gasteiger charge is 2.49. The average Bonchev–Trinajstić information content (AvgIpc) is 2.83. The van der Waals surface area contributed by atoms with Crippen molar-refractivity contribution in [2.45, 2.75) is 12.5 Å². The maximum absolute atomic E-state index is 13.1. The highest BCUT2D eigenvalue weighted by molar-refractivity contribution is 6.40. The van der Waals surface area contributed by atoms with E-state index >= 15 is 0 Å².